The summed E-state index contributed by atoms with van der Waals surface area (Å²) in [5.74, 6) is 0.762. The molecule has 0 bridgehead atoms. The van der Waals surface area contributed by atoms with Gasteiger partial charge in [0.2, 0.25) is 0 Å². The zero-order valence-electron chi connectivity index (χ0n) is 12.9. The molecule has 1 aromatic heterocycles. The number of methoxy groups -OCH3 is 1. The van der Waals surface area contributed by atoms with E-state index in [0.29, 0.717) is 13.2 Å². The highest BCUT2D eigenvalue weighted by molar-refractivity contribution is 5.74. The maximum atomic E-state index is 12.3. The number of ether oxygens (including phenoxy) is 1. The van der Waals surface area contributed by atoms with Gasteiger partial charge in [-0.2, -0.15) is 0 Å². The molecular weight excluding hydrogens is 270 g/mol. The highest BCUT2D eigenvalue weighted by atomic mass is 16.5. The number of carbonyl (C=O) groups excluding carboxylic acids is 1. The number of amides is 2. The third-order valence-corrected chi connectivity index (χ3v) is 4.23. The van der Waals surface area contributed by atoms with Crippen LogP contribution in [0.4, 0.5) is 4.79 Å². The van der Waals surface area contributed by atoms with Crippen molar-refractivity contribution in [2.24, 2.45) is 5.92 Å². The zero-order valence-corrected chi connectivity index (χ0v) is 12.9. The predicted octanol–water partition coefficient (Wildman–Crippen LogP) is 0.915. The minimum absolute atomic E-state index is 0.000516. The van der Waals surface area contributed by atoms with Crippen LogP contribution in [0.15, 0.2) is 0 Å². The molecule has 7 nitrogen and oxygen atoms in total. The van der Waals surface area contributed by atoms with Gasteiger partial charge in [0.25, 0.3) is 0 Å². The van der Waals surface area contributed by atoms with E-state index >= 15 is 0 Å². The second kappa shape index (κ2) is 5.63. The van der Waals surface area contributed by atoms with Crippen LogP contribution >= 0.6 is 0 Å². The van der Waals surface area contributed by atoms with Crippen molar-refractivity contribution in [1.29, 1.82) is 0 Å². The molecule has 1 aromatic rings. The molecule has 1 fully saturated rings. The first-order valence-corrected chi connectivity index (χ1v) is 7.51. The molecule has 1 saturated carbocycles. The first-order valence-electron chi connectivity index (χ1n) is 7.51. The van der Waals surface area contributed by atoms with E-state index in [2.05, 4.69) is 10.3 Å². The van der Waals surface area contributed by atoms with Crippen LogP contribution in [0.1, 0.15) is 30.3 Å². The topological polar surface area (TPSA) is 63.5 Å². The van der Waals surface area contributed by atoms with Crippen molar-refractivity contribution >= 4 is 6.03 Å². The highest BCUT2D eigenvalue weighted by Gasteiger charge is 2.36. The monoisotopic (exact) mass is 293 g/mol. The smallest absolute Gasteiger partial charge is 0.320 e. The van der Waals surface area contributed by atoms with Gasteiger partial charge in [-0.05, 0) is 18.8 Å². The number of carbonyl (C=O) groups is 1. The SMILES string of the molecule is COCC1c2nnn(CC3CC3)c2CCN1C(=O)N(C)C. The Morgan fingerprint density at radius 3 is 2.81 bits per heavy atom. The van der Waals surface area contributed by atoms with Crippen molar-refractivity contribution in [1.82, 2.24) is 24.8 Å². The molecule has 0 radical (unpaired) electrons. The first-order chi connectivity index (χ1) is 10.1. The number of urea groups is 1. The standard InChI is InChI=1S/C14H23N5O2/c1-17(2)14(20)18-7-6-11-13(12(18)9-21-3)15-16-19(11)8-10-4-5-10/h10,12H,4-9H2,1-3H3. The Kier molecular flexibility index (Phi) is 3.84. The van der Waals surface area contributed by atoms with Gasteiger partial charge in [-0.1, -0.05) is 5.21 Å². The number of fused-ring (bicyclic) bond motifs is 1. The summed E-state index contributed by atoms with van der Waals surface area (Å²) in [4.78, 5) is 15.8. The van der Waals surface area contributed by atoms with E-state index in [1.54, 1.807) is 26.1 Å². The van der Waals surface area contributed by atoms with Crippen molar-refractivity contribution in [2.45, 2.75) is 31.8 Å². The summed E-state index contributed by atoms with van der Waals surface area (Å²) in [6, 6.07) is -0.138. The number of aromatic nitrogens is 3. The van der Waals surface area contributed by atoms with Gasteiger partial charge in [0, 0.05) is 40.7 Å². The number of hydrogen-bond donors (Lipinski definition) is 0. The van der Waals surface area contributed by atoms with Crippen LogP contribution in [-0.2, 0) is 17.7 Å². The van der Waals surface area contributed by atoms with Gasteiger partial charge in [0.05, 0.1) is 12.3 Å². The Balaban J connectivity index is 1.86. The first kappa shape index (κ1) is 14.3. The molecule has 21 heavy (non-hydrogen) atoms. The minimum Gasteiger partial charge on any atom is -0.382 e. The van der Waals surface area contributed by atoms with Gasteiger partial charge in [-0.3, -0.25) is 0 Å². The molecule has 0 aromatic carbocycles. The summed E-state index contributed by atoms with van der Waals surface area (Å²) in [6.45, 7) is 2.11. The summed E-state index contributed by atoms with van der Waals surface area (Å²) in [6.07, 6.45) is 3.40. The molecule has 0 saturated heterocycles. The van der Waals surface area contributed by atoms with Gasteiger partial charge in [0.1, 0.15) is 11.7 Å². The van der Waals surface area contributed by atoms with E-state index in [4.69, 9.17) is 4.74 Å². The van der Waals surface area contributed by atoms with Crippen LogP contribution in [0.25, 0.3) is 0 Å². The largest absolute Gasteiger partial charge is 0.382 e. The lowest BCUT2D eigenvalue weighted by Crippen LogP contribution is -2.46. The summed E-state index contributed by atoms with van der Waals surface area (Å²) in [5.41, 5.74) is 2.07. The van der Waals surface area contributed by atoms with Crippen molar-refractivity contribution < 1.29 is 9.53 Å². The Morgan fingerprint density at radius 2 is 2.19 bits per heavy atom. The molecular formula is C14H23N5O2. The van der Waals surface area contributed by atoms with Crippen molar-refractivity contribution in [2.75, 3.05) is 34.4 Å². The second-order valence-electron chi connectivity index (χ2n) is 6.14. The molecule has 1 aliphatic heterocycles. The fourth-order valence-electron chi connectivity index (χ4n) is 2.90. The molecule has 2 heterocycles. The van der Waals surface area contributed by atoms with E-state index < -0.39 is 0 Å². The van der Waals surface area contributed by atoms with E-state index in [9.17, 15) is 4.79 Å². The number of hydrogen-bond acceptors (Lipinski definition) is 4. The summed E-state index contributed by atoms with van der Waals surface area (Å²) in [7, 11) is 5.19. The van der Waals surface area contributed by atoms with Crippen LogP contribution in [0.3, 0.4) is 0 Å². The Bertz CT molecular complexity index is 523. The zero-order chi connectivity index (χ0) is 15.0. The molecule has 1 unspecified atom stereocenters. The maximum absolute atomic E-state index is 12.3. The van der Waals surface area contributed by atoms with Gasteiger partial charge in [-0.25, -0.2) is 9.48 Å². The van der Waals surface area contributed by atoms with Crippen LogP contribution < -0.4 is 0 Å². The molecule has 1 atom stereocenters. The minimum atomic E-state index is -0.137. The van der Waals surface area contributed by atoms with Crippen LogP contribution in [0.2, 0.25) is 0 Å². The van der Waals surface area contributed by atoms with E-state index in [0.717, 1.165) is 24.6 Å². The van der Waals surface area contributed by atoms with Gasteiger partial charge < -0.3 is 14.5 Å². The van der Waals surface area contributed by atoms with Crippen LogP contribution in [0, 0.1) is 5.92 Å². The molecule has 1 aliphatic carbocycles. The van der Waals surface area contributed by atoms with Gasteiger partial charge in [-0.15, -0.1) is 5.10 Å². The molecule has 7 heteroatoms. The lowest BCUT2D eigenvalue weighted by molar-refractivity contribution is 0.0849. The number of rotatable bonds is 4. The molecule has 2 amide bonds. The lowest BCUT2D eigenvalue weighted by Gasteiger charge is -2.36. The second-order valence-corrected chi connectivity index (χ2v) is 6.14. The van der Waals surface area contributed by atoms with Crippen LogP contribution in [-0.4, -0.2) is 65.2 Å². The number of nitrogens with zero attached hydrogens (tertiary/aromatic N) is 5. The fraction of sp³-hybridized carbons (Fsp3) is 0.786. The summed E-state index contributed by atoms with van der Waals surface area (Å²) >= 11 is 0. The Morgan fingerprint density at radius 1 is 1.43 bits per heavy atom. The van der Waals surface area contributed by atoms with E-state index in [1.165, 1.54) is 18.5 Å². The average Bonchev–Trinajstić information content (AvgIpc) is 3.18. The average molecular weight is 293 g/mol. The van der Waals surface area contributed by atoms with E-state index in [1.807, 2.05) is 9.58 Å². The molecule has 3 rings (SSSR count). The van der Waals surface area contributed by atoms with Gasteiger partial charge in [0.15, 0.2) is 0 Å². The highest BCUT2D eigenvalue weighted by Crippen LogP contribution is 2.33. The van der Waals surface area contributed by atoms with Gasteiger partial charge >= 0.3 is 6.03 Å². The Hall–Kier alpha value is -1.63. The third kappa shape index (κ3) is 2.74. The quantitative estimate of drug-likeness (QED) is 0.828. The fourth-order valence-corrected chi connectivity index (χ4v) is 2.90. The molecule has 116 valence electrons. The van der Waals surface area contributed by atoms with E-state index in [-0.39, 0.29) is 12.1 Å². The summed E-state index contributed by atoms with van der Waals surface area (Å²) in [5, 5.41) is 8.66. The van der Waals surface area contributed by atoms with Crippen molar-refractivity contribution in [3.63, 3.8) is 0 Å². The lowest BCUT2D eigenvalue weighted by atomic mass is 10.0. The molecule has 2 aliphatic rings. The van der Waals surface area contributed by atoms with Crippen LogP contribution in [0.5, 0.6) is 0 Å². The summed E-state index contributed by atoms with van der Waals surface area (Å²) < 4.78 is 7.35. The Labute approximate surface area is 124 Å². The third-order valence-electron chi connectivity index (χ3n) is 4.23. The molecule has 0 N–H and O–H groups in total. The maximum Gasteiger partial charge on any atom is 0.320 e. The molecule has 0 spiro atoms. The predicted molar refractivity (Wildman–Crippen MR) is 76.9 cm³/mol. The normalized spacial score (nSPS) is 21.3. The van der Waals surface area contributed by atoms with Crippen molar-refractivity contribution in [3.8, 4) is 0 Å². The van der Waals surface area contributed by atoms with Crippen molar-refractivity contribution in [3.05, 3.63) is 11.4 Å².